The molecule has 0 saturated heterocycles. The van der Waals surface area contributed by atoms with Crippen LogP contribution in [0.2, 0.25) is 0 Å². The topological polar surface area (TPSA) is 63.7 Å². The molecule has 0 bridgehead atoms. The third kappa shape index (κ3) is 4.32. The fourth-order valence-electron chi connectivity index (χ4n) is 2.80. The van der Waals surface area contributed by atoms with E-state index >= 15 is 0 Å². The van der Waals surface area contributed by atoms with Crippen LogP contribution in [0.5, 0.6) is 5.75 Å². The molecular formula is C20H21NO4S. The molecule has 1 amide bonds. The smallest absolute Gasteiger partial charge is 0.265 e. The standard InChI is InChI=1S/C20H21NO4S/c1-15-3-7-17(8-4-15)21(18-11-12-26(23,24)14-18)20(22)13-25-19-9-5-16(2)6-10-19/h3-12,18H,13-14H2,1-2H3/t18-/m1/s1. The van der Waals surface area contributed by atoms with Crippen molar-refractivity contribution in [1.29, 1.82) is 0 Å². The van der Waals surface area contributed by atoms with Crippen molar-refractivity contribution in [2.24, 2.45) is 0 Å². The molecule has 1 heterocycles. The number of rotatable bonds is 5. The molecule has 0 aliphatic carbocycles. The minimum Gasteiger partial charge on any atom is -0.484 e. The van der Waals surface area contributed by atoms with Gasteiger partial charge >= 0.3 is 0 Å². The van der Waals surface area contributed by atoms with Crippen LogP contribution in [0.1, 0.15) is 11.1 Å². The first-order valence-electron chi connectivity index (χ1n) is 8.33. The average Bonchev–Trinajstić information content (AvgIpc) is 2.96. The maximum absolute atomic E-state index is 12.8. The predicted molar refractivity (Wildman–Crippen MR) is 102 cm³/mol. The van der Waals surface area contributed by atoms with E-state index in [0.29, 0.717) is 11.4 Å². The highest BCUT2D eigenvalue weighted by molar-refractivity contribution is 7.94. The van der Waals surface area contributed by atoms with E-state index in [-0.39, 0.29) is 18.3 Å². The number of hydrogen-bond donors (Lipinski definition) is 0. The number of carbonyl (C=O) groups excluding carboxylic acids is 1. The lowest BCUT2D eigenvalue weighted by Gasteiger charge is -2.27. The van der Waals surface area contributed by atoms with Crippen molar-refractivity contribution >= 4 is 21.4 Å². The normalized spacial score (nSPS) is 17.8. The van der Waals surface area contributed by atoms with Crippen molar-refractivity contribution in [2.75, 3.05) is 17.3 Å². The number of aryl methyl sites for hydroxylation is 2. The first-order chi connectivity index (χ1) is 12.3. The molecule has 2 aromatic rings. The van der Waals surface area contributed by atoms with E-state index in [4.69, 9.17) is 4.74 Å². The number of ether oxygens (including phenoxy) is 1. The van der Waals surface area contributed by atoms with Gasteiger partial charge in [0, 0.05) is 11.1 Å². The molecule has 1 aliphatic heterocycles. The van der Waals surface area contributed by atoms with Gasteiger partial charge in [0.05, 0.1) is 11.8 Å². The summed E-state index contributed by atoms with van der Waals surface area (Å²) in [7, 11) is -3.28. The summed E-state index contributed by atoms with van der Waals surface area (Å²) in [5.74, 6) is 0.195. The van der Waals surface area contributed by atoms with Crippen LogP contribution in [0.3, 0.4) is 0 Å². The van der Waals surface area contributed by atoms with Crippen molar-refractivity contribution in [3.8, 4) is 5.75 Å². The molecule has 26 heavy (non-hydrogen) atoms. The van der Waals surface area contributed by atoms with Gasteiger partial charge in [-0.3, -0.25) is 4.79 Å². The Hall–Kier alpha value is -2.60. The van der Waals surface area contributed by atoms with Crippen molar-refractivity contribution in [3.05, 3.63) is 71.1 Å². The number of sulfone groups is 1. The first-order valence-corrected chi connectivity index (χ1v) is 10.0. The molecule has 0 spiro atoms. The molecule has 1 aliphatic rings. The van der Waals surface area contributed by atoms with Crippen molar-refractivity contribution in [1.82, 2.24) is 0 Å². The summed E-state index contributed by atoms with van der Waals surface area (Å²) in [6.45, 7) is 3.76. The van der Waals surface area contributed by atoms with E-state index in [1.54, 1.807) is 18.2 Å². The van der Waals surface area contributed by atoms with Gasteiger partial charge in [0.1, 0.15) is 5.75 Å². The van der Waals surface area contributed by atoms with Gasteiger partial charge in [0.2, 0.25) is 0 Å². The monoisotopic (exact) mass is 371 g/mol. The summed E-state index contributed by atoms with van der Waals surface area (Å²) in [5.41, 5.74) is 2.82. The van der Waals surface area contributed by atoms with Crippen molar-refractivity contribution < 1.29 is 17.9 Å². The second kappa shape index (κ2) is 7.33. The molecule has 2 aromatic carbocycles. The van der Waals surface area contributed by atoms with Gasteiger partial charge in [0.15, 0.2) is 16.4 Å². The summed E-state index contributed by atoms with van der Waals surface area (Å²) in [6, 6.07) is 14.3. The number of nitrogens with zero attached hydrogens (tertiary/aromatic N) is 1. The molecule has 0 radical (unpaired) electrons. The predicted octanol–water partition coefficient (Wildman–Crippen LogP) is 3.03. The Morgan fingerprint density at radius 3 is 2.15 bits per heavy atom. The number of anilines is 1. The van der Waals surface area contributed by atoms with Crippen LogP contribution in [0.25, 0.3) is 0 Å². The molecule has 5 nitrogen and oxygen atoms in total. The fourth-order valence-corrected chi connectivity index (χ4v) is 4.06. The van der Waals surface area contributed by atoms with Crippen molar-refractivity contribution in [3.63, 3.8) is 0 Å². The summed E-state index contributed by atoms with van der Waals surface area (Å²) in [6.07, 6.45) is 1.55. The molecule has 0 N–H and O–H groups in total. The molecule has 1 atom stereocenters. The highest BCUT2D eigenvalue weighted by Crippen LogP contribution is 2.24. The van der Waals surface area contributed by atoms with Gasteiger partial charge < -0.3 is 9.64 Å². The zero-order valence-corrected chi connectivity index (χ0v) is 15.6. The van der Waals surface area contributed by atoms with E-state index in [0.717, 1.165) is 11.1 Å². The highest BCUT2D eigenvalue weighted by Gasteiger charge is 2.31. The molecular weight excluding hydrogens is 350 g/mol. The third-order valence-corrected chi connectivity index (χ3v) is 5.58. The molecule has 136 valence electrons. The SMILES string of the molecule is Cc1ccc(OCC(=O)N(c2ccc(C)cc2)[C@@H]2C=CS(=O)(=O)C2)cc1. The number of carbonyl (C=O) groups is 1. The van der Waals surface area contributed by atoms with Crippen LogP contribution in [0.4, 0.5) is 5.69 Å². The Balaban J connectivity index is 1.80. The van der Waals surface area contributed by atoms with E-state index in [9.17, 15) is 13.2 Å². The van der Waals surface area contributed by atoms with Crippen LogP contribution >= 0.6 is 0 Å². The minimum absolute atomic E-state index is 0.114. The largest absolute Gasteiger partial charge is 0.484 e. The van der Waals surface area contributed by atoms with Crippen LogP contribution in [0.15, 0.2) is 60.0 Å². The van der Waals surface area contributed by atoms with Crippen LogP contribution in [-0.4, -0.2) is 32.7 Å². The zero-order chi connectivity index (χ0) is 18.7. The highest BCUT2D eigenvalue weighted by atomic mass is 32.2. The van der Waals surface area contributed by atoms with Crippen LogP contribution in [0, 0.1) is 13.8 Å². The number of benzene rings is 2. The van der Waals surface area contributed by atoms with Gasteiger partial charge in [0.25, 0.3) is 5.91 Å². The molecule has 0 fully saturated rings. The van der Waals surface area contributed by atoms with Gasteiger partial charge in [-0.15, -0.1) is 0 Å². The van der Waals surface area contributed by atoms with E-state index in [2.05, 4.69) is 0 Å². The van der Waals surface area contributed by atoms with Gasteiger partial charge in [-0.05, 0) is 44.2 Å². The van der Waals surface area contributed by atoms with Crippen molar-refractivity contribution in [2.45, 2.75) is 19.9 Å². The lowest BCUT2D eigenvalue weighted by Crippen LogP contribution is -2.43. The quantitative estimate of drug-likeness (QED) is 0.810. The minimum atomic E-state index is -3.28. The second-order valence-electron chi connectivity index (χ2n) is 6.43. The fraction of sp³-hybridized carbons (Fsp3) is 0.250. The van der Waals surface area contributed by atoms with Crippen LogP contribution < -0.4 is 9.64 Å². The van der Waals surface area contributed by atoms with Gasteiger partial charge in [-0.2, -0.15) is 0 Å². The van der Waals surface area contributed by atoms with E-state index in [1.807, 2.05) is 50.2 Å². The van der Waals surface area contributed by atoms with Gasteiger partial charge in [-0.1, -0.05) is 35.4 Å². The Kier molecular flexibility index (Phi) is 5.13. The Morgan fingerprint density at radius 2 is 1.62 bits per heavy atom. The Labute approximate surface area is 153 Å². The second-order valence-corrected chi connectivity index (χ2v) is 8.36. The Bertz CT molecular complexity index is 915. The maximum atomic E-state index is 12.8. The summed E-state index contributed by atoms with van der Waals surface area (Å²) in [5, 5.41) is 1.17. The number of hydrogen-bond acceptors (Lipinski definition) is 4. The zero-order valence-electron chi connectivity index (χ0n) is 14.8. The molecule has 0 unspecified atom stereocenters. The molecule has 0 aromatic heterocycles. The third-order valence-electron chi connectivity index (χ3n) is 4.21. The molecule has 0 saturated carbocycles. The number of amides is 1. The summed E-state index contributed by atoms with van der Waals surface area (Å²) < 4.78 is 29.2. The Morgan fingerprint density at radius 1 is 1.04 bits per heavy atom. The molecule has 6 heteroatoms. The summed E-state index contributed by atoms with van der Waals surface area (Å²) in [4.78, 5) is 14.3. The van der Waals surface area contributed by atoms with E-state index in [1.165, 1.54) is 10.3 Å². The van der Waals surface area contributed by atoms with Gasteiger partial charge in [-0.25, -0.2) is 8.42 Å². The first kappa shape index (κ1) is 18.2. The average molecular weight is 371 g/mol. The lowest BCUT2D eigenvalue weighted by molar-refractivity contribution is -0.120. The molecule has 3 rings (SSSR count). The maximum Gasteiger partial charge on any atom is 0.265 e. The van der Waals surface area contributed by atoms with Crippen LogP contribution in [-0.2, 0) is 14.6 Å². The summed E-state index contributed by atoms with van der Waals surface area (Å²) >= 11 is 0. The van der Waals surface area contributed by atoms with E-state index < -0.39 is 15.9 Å². The lowest BCUT2D eigenvalue weighted by atomic mass is 10.1.